The lowest BCUT2D eigenvalue weighted by Gasteiger charge is -2.36. The van der Waals surface area contributed by atoms with Crippen molar-refractivity contribution in [2.24, 2.45) is 0 Å². The summed E-state index contributed by atoms with van der Waals surface area (Å²) >= 11 is 0. The lowest BCUT2D eigenvalue weighted by Crippen LogP contribution is -2.48. The van der Waals surface area contributed by atoms with Crippen molar-refractivity contribution in [3.63, 3.8) is 0 Å². The van der Waals surface area contributed by atoms with E-state index in [1.54, 1.807) is 24.3 Å². The second kappa shape index (κ2) is 13.0. The third-order valence-corrected chi connectivity index (χ3v) is 8.47. The molecule has 2 aliphatic heterocycles. The molecule has 0 unspecified atom stereocenters. The number of carbonyl (C=O) groups excluding carboxylic acids is 2. The van der Waals surface area contributed by atoms with E-state index in [0.717, 1.165) is 30.9 Å². The number of piperidine rings is 1. The third-order valence-electron chi connectivity index (χ3n) is 8.47. The summed E-state index contributed by atoms with van der Waals surface area (Å²) in [6.45, 7) is 6.37. The highest BCUT2D eigenvalue weighted by atomic mass is 19.4. The van der Waals surface area contributed by atoms with Crippen LogP contribution in [0.2, 0.25) is 0 Å². The summed E-state index contributed by atoms with van der Waals surface area (Å²) in [5.74, 6) is -2.18. The fourth-order valence-corrected chi connectivity index (χ4v) is 6.06. The first-order valence-electron chi connectivity index (χ1n) is 15.2. The number of ether oxygens (including phenoxy) is 1. The van der Waals surface area contributed by atoms with E-state index in [-0.39, 0.29) is 23.6 Å². The van der Waals surface area contributed by atoms with Crippen LogP contribution in [0.15, 0.2) is 71.1 Å². The van der Waals surface area contributed by atoms with E-state index >= 15 is 0 Å². The van der Waals surface area contributed by atoms with Crippen LogP contribution >= 0.6 is 0 Å². The SMILES string of the molecule is Cc1cccc(N2CCN(C(=O)c3ccc4oc(C(=O)NC5CCN(Cc6ccc(OC(F)(F)F)c(F)c6)CC5)cc4c3)CC2)c1. The van der Waals surface area contributed by atoms with Crippen LogP contribution < -0.4 is 15.0 Å². The number of amides is 2. The van der Waals surface area contributed by atoms with Gasteiger partial charge in [-0.15, -0.1) is 13.2 Å². The summed E-state index contributed by atoms with van der Waals surface area (Å²) in [5, 5.41) is 3.68. The average molecular weight is 639 g/mol. The molecule has 242 valence electrons. The van der Waals surface area contributed by atoms with Gasteiger partial charge in [0.2, 0.25) is 0 Å². The third kappa shape index (κ3) is 7.44. The molecule has 0 aliphatic carbocycles. The first-order chi connectivity index (χ1) is 22.0. The Hall–Kier alpha value is -4.58. The number of likely N-dealkylation sites (tertiary alicyclic amines) is 1. The molecule has 8 nitrogen and oxygen atoms in total. The number of nitrogens with one attached hydrogen (secondary N) is 1. The number of piperazine rings is 1. The highest BCUT2D eigenvalue weighted by molar-refractivity contribution is 6.00. The molecule has 6 rings (SSSR count). The van der Waals surface area contributed by atoms with Crippen LogP contribution in [0.25, 0.3) is 11.0 Å². The number of furan rings is 1. The van der Waals surface area contributed by atoms with Crippen molar-refractivity contribution in [3.05, 3.63) is 95.0 Å². The summed E-state index contributed by atoms with van der Waals surface area (Å²) in [5.41, 5.74) is 3.94. The van der Waals surface area contributed by atoms with Gasteiger partial charge in [0.25, 0.3) is 11.8 Å². The standard InChI is InChI=1S/C34H34F4N4O4/c1-22-3-2-4-27(17-22)41-13-15-42(16-14-41)33(44)24-6-8-29-25(19-24)20-31(45-29)32(43)39-26-9-11-40(12-10-26)21-23-5-7-30(28(35)18-23)46-34(36,37)38/h2-8,17-20,26H,9-16,21H2,1H3,(H,39,43). The zero-order chi connectivity index (χ0) is 32.4. The fraction of sp³-hybridized carbons (Fsp3) is 0.353. The zero-order valence-electron chi connectivity index (χ0n) is 25.3. The number of aryl methyl sites for hydroxylation is 1. The van der Waals surface area contributed by atoms with E-state index in [2.05, 4.69) is 40.1 Å². The monoisotopic (exact) mass is 638 g/mol. The lowest BCUT2D eigenvalue weighted by atomic mass is 10.0. The van der Waals surface area contributed by atoms with Crippen LogP contribution in [0.1, 0.15) is 44.9 Å². The van der Waals surface area contributed by atoms with Crippen molar-refractivity contribution in [2.45, 2.75) is 38.7 Å². The zero-order valence-corrected chi connectivity index (χ0v) is 25.3. The Morgan fingerprint density at radius 3 is 2.39 bits per heavy atom. The topological polar surface area (TPSA) is 78.3 Å². The van der Waals surface area contributed by atoms with E-state index in [1.807, 2.05) is 15.9 Å². The Bertz CT molecular complexity index is 1720. The normalized spacial score (nSPS) is 16.5. The minimum Gasteiger partial charge on any atom is -0.451 e. The molecule has 0 atom stereocenters. The first-order valence-corrected chi connectivity index (χ1v) is 15.2. The van der Waals surface area contributed by atoms with Crippen LogP contribution in [0, 0.1) is 12.7 Å². The number of carbonyl (C=O) groups is 2. The molecule has 12 heteroatoms. The number of fused-ring (bicyclic) bond motifs is 1. The summed E-state index contributed by atoms with van der Waals surface area (Å²) in [6, 6.07) is 18.5. The van der Waals surface area contributed by atoms with Crippen LogP contribution in [0.5, 0.6) is 5.75 Å². The quantitative estimate of drug-likeness (QED) is 0.245. The molecule has 2 aliphatic rings. The average Bonchev–Trinajstić information content (AvgIpc) is 3.46. The van der Waals surface area contributed by atoms with Gasteiger partial charge < -0.3 is 24.3 Å². The minimum absolute atomic E-state index is 0.0573. The predicted molar refractivity (Wildman–Crippen MR) is 164 cm³/mol. The van der Waals surface area contributed by atoms with Crippen LogP contribution in [-0.2, 0) is 6.54 Å². The molecule has 1 aromatic heterocycles. The van der Waals surface area contributed by atoms with Crippen molar-refractivity contribution in [2.75, 3.05) is 44.2 Å². The Morgan fingerprint density at radius 2 is 1.70 bits per heavy atom. The van der Waals surface area contributed by atoms with E-state index in [1.165, 1.54) is 11.6 Å². The summed E-state index contributed by atoms with van der Waals surface area (Å²) in [7, 11) is 0. The molecule has 2 saturated heterocycles. The van der Waals surface area contributed by atoms with Crippen molar-refractivity contribution in [1.29, 1.82) is 0 Å². The van der Waals surface area contributed by atoms with Gasteiger partial charge in [-0.05, 0) is 79.4 Å². The molecule has 46 heavy (non-hydrogen) atoms. The number of rotatable bonds is 7. The molecule has 2 fully saturated rings. The highest BCUT2D eigenvalue weighted by Crippen LogP contribution is 2.27. The van der Waals surface area contributed by atoms with Gasteiger partial charge >= 0.3 is 6.36 Å². The Balaban J connectivity index is 0.998. The number of anilines is 1. The van der Waals surface area contributed by atoms with E-state index in [9.17, 15) is 27.2 Å². The second-order valence-electron chi connectivity index (χ2n) is 11.8. The second-order valence-corrected chi connectivity index (χ2v) is 11.8. The number of benzene rings is 3. The van der Waals surface area contributed by atoms with Crippen molar-refractivity contribution < 1.29 is 36.3 Å². The predicted octanol–water partition coefficient (Wildman–Crippen LogP) is 6.14. The van der Waals surface area contributed by atoms with Crippen molar-refractivity contribution >= 4 is 28.5 Å². The molecule has 3 heterocycles. The maximum atomic E-state index is 14.1. The van der Waals surface area contributed by atoms with Gasteiger partial charge in [-0.1, -0.05) is 18.2 Å². The van der Waals surface area contributed by atoms with Gasteiger partial charge in [0.15, 0.2) is 17.3 Å². The molecule has 0 radical (unpaired) electrons. The molecular weight excluding hydrogens is 604 g/mol. The Kier molecular flexibility index (Phi) is 8.90. The number of alkyl halides is 3. The number of hydrogen-bond donors (Lipinski definition) is 1. The smallest absolute Gasteiger partial charge is 0.451 e. The minimum atomic E-state index is -4.96. The largest absolute Gasteiger partial charge is 0.573 e. The highest BCUT2D eigenvalue weighted by Gasteiger charge is 2.32. The van der Waals surface area contributed by atoms with Crippen LogP contribution in [-0.4, -0.2) is 73.3 Å². The number of halogens is 4. The van der Waals surface area contributed by atoms with E-state index in [4.69, 9.17) is 4.42 Å². The van der Waals surface area contributed by atoms with Crippen LogP contribution in [0.3, 0.4) is 0 Å². The molecule has 3 aromatic carbocycles. The summed E-state index contributed by atoms with van der Waals surface area (Å²) < 4.78 is 60.8. The molecular formula is C34H34F4N4O4. The molecule has 4 aromatic rings. The maximum absolute atomic E-state index is 14.1. The molecule has 0 bridgehead atoms. The van der Waals surface area contributed by atoms with E-state index in [0.29, 0.717) is 67.7 Å². The molecule has 0 spiro atoms. The number of hydrogen-bond acceptors (Lipinski definition) is 6. The Labute approximate surface area is 263 Å². The van der Waals surface area contributed by atoms with Crippen molar-refractivity contribution in [3.8, 4) is 5.75 Å². The summed E-state index contributed by atoms with van der Waals surface area (Å²) in [6.07, 6.45) is -3.68. The van der Waals surface area contributed by atoms with Gasteiger partial charge in [-0.25, -0.2) is 4.39 Å². The molecule has 1 N–H and O–H groups in total. The number of nitrogens with zero attached hydrogens (tertiary/aromatic N) is 3. The van der Waals surface area contributed by atoms with Gasteiger partial charge in [0.1, 0.15) is 5.58 Å². The van der Waals surface area contributed by atoms with Gasteiger partial charge in [0.05, 0.1) is 0 Å². The van der Waals surface area contributed by atoms with Crippen LogP contribution in [0.4, 0.5) is 23.2 Å². The lowest BCUT2D eigenvalue weighted by molar-refractivity contribution is -0.275. The Morgan fingerprint density at radius 1 is 0.935 bits per heavy atom. The van der Waals surface area contributed by atoms with Gasteiger partial charge in [0, 0.05) is 68.5 Å². The molecule has 2 amide bonds. The fourth-order valence-electron chi connectivity index (χ4n) is 6.06. The van der Waals surface area contributed by atoms with Crippen molar-refractivity contribution in [1.82, 2.24) is 15.1 Å². The van der Waals surface area contributed by atoms with E-state index < -0.39 is 17.9 Å². The van der Waals surface area contributed by atoms with Gasteiger partial charge in [-0.3, -0.25) is 14.5 Å². The first kappa shape index (κ1) is 31.4. The van der Waals surface area contributed by atoms with Gasteiger partial charge in [-0.2, -0.15) is 0 Å². The molecule has 0 saturated carbocycles. The maximum Gasteiger partial charge on any atom is 0.573 e. The summed E-state index contributed by atoms with van der Waals surface area (Å²) in [4.78, 5) is 32.5.